The second-order valence-corrected chi connectivity index (χ2v) is 6.07. The van der Waals surface area contributed by atoms with Crippen LogP contribution >= 0.6 is 0 Å². The molecule has 0 unspecified atom stereocenters. The number of nitrogens with zero attached hydrogens (tertiary/aromatic N) is 1. The summed E-state index contributed by atoms with van der Waals surface area (Å²) in [5.41, 5.74) is 1.05. The molecular weight excluding hydrogens is 276 g/mol. The number of hydrogen-bond donors (Lipinski definition) is 1. The van der Waals surface area contributed by atoms with Crippen molar-refractivity contribution in [3.05, 3.63) is 29.8 Å². The topological polar surface area (TPSA) is 41.6 Å². The van der Waals surface area contributed by atoms with Crippen LogP contribution in [0.1, 0.15) is 38.2 Å². The third-order valence-corrected chi connectivity index (χ3v) is 4.17. The van der Waals surface area contributed by atoms with E-state index in [0.29, 0.717) is 0 Å². The molecule has 1 aliphatic rings. The number of benzene rings is 1. The fourth-order valence-electron chi connectivity index (χ4n) is 2.77. The molecule has 22 heavy (non-hydrogen) atoms. The maximum Gasteiger partial charge on any atom is 0.260 e. The molecule has 1 fully saturated rings. The Morgan fingerprint density at radius 3 is 2.73 bits per heavy atom. The minimum Gasteiger partial charge on any atom is -0.481 e. The van der Waals surface area contributed by atoms with E-state index >= 15 is 0 Å². The molecule has 0 bridgehead atoms. The van der Waals surface area contributed by atoms with E-state index in [4.69, 9.17) is 4.74 Å². The number of likely N-dealkylation sites (tertiary alicyclic amines) is 1. The summed E-state index contributed by atoms with van der Waals surface area (Å²) in [4.78, 5) is 14.5. The molecule has 122 valence electrons. The molecule has 0 saturated carbocycles. The van der Waals surface area contributed by atoms with Crippen LogP contribution in [0, 0.1) is 6.92 Å². The Hall–Kier alpha value is -1.55. The van der Waals surface area contributed by atoms with Gasteiger partial charge in [0.05, 0.1) is 0 Å². The SMILES string of the molecule is Cc1ccccc1O[C@@H](C)C(=O)NCCCN1CCCCC1. The maximum atomic E-state index is 12.1. The Bertz CT molecular complexity index is 470. The summed E-state index contributed by atoms with van der Waals surface area (Å²) in [5.74, 6) is 0.736. The van der Waals surface area contributed by atoms with Crippen LogP contribution in [0.3, 0.4) is 0 Å². The number of amides is 1. The monoisotopic (exact) mass is 304 g/mol. The van der Waals surface area contributed by atoms with Gasteiger partial charge in [0.15, 0.2) is 6.10 Å². The Morgan fingerprint density at radius 2 is 2.00 bits per heavy atom. The lowest BCUT2D eigenvalue weighted by molar-refractivity contribution is -0.127. The van der Waals surface area contributed by atoms with E-state index < -0.39 is 6.10 Å². The van der Waals surface area contributed by atoms with Gasteiger partial charge in [0.2, 0.25) is 0 Å². The predicted octanol–water partition coefficient (Wildman–Crippen LogP) is 2.75. The van der Waals surface area contributed by atoms with Crippen LogP contribution in [0.5, 0.6) is 5.75 Å². The van der Waals surface area contributed by atoms with Crippen molar-refractivity contribution in [2.24, 2.45) is 0 Å². The van der Waals surface area contributed by atoms with Crippen molar-refractivity contribution in [3.63, 3.8) is 0 Å². The van der Waals surface area contributed by atoms with E-state index in [-0.39, 0.29) is 5.91 Å². The molecule has 1 heterocycles. The van der Waals surface area contributed by atoms with Gasteiger partial charge in [-0.1, -0.05) is 24.6 Å². The number of piperidine rings is 1. The lowest BCUT2D eigenvalue weighted by Gasteiger charge is -2.26. The summed E-state index contributed by atoms with van der Waals surface area (Å²) >= 11 is 0. The van der Waals surface area contributed by atoms with Gasteiger partial charge >= 0.3 is 0 Å². The summed E-state index contributed by atoms with van der Waals surface area (Å²) in [5, 5.41) is 2.97. The molecule has 0 spiro atoms. The summed E-state index contributed by atoms with van der Waals surface area (Å²) in [7, 11) is 0. The molecule has 1 saturated heterocycles. The predicted molar refractivity (Wildman–Crippen MR) is 89.2 cm³/mol. The largest absolute Gasteiger partial charge is 0.481 e. The van der Waals surface area contributed by atoms with Gasteiger partial charge in [0.25, 0.3) is 5.91 Å². The summed E-state index contributed by atoms with van der Waals surface area (Å²) in [6.45, 7) is 8.00. The normalized spacial score (nSPS) is 17.0. The summed E-state index contributed by atoms with van der Waals surface area (Å²) in [6, 6.07) is 7.77. The van der Waals surface area contributed by atoms with Gasteiger partial charge in [0, 0.05) is 6.54 Å². The van der Waals surface area contributed by atoms with E-state index in [2.05, 4.69) is 10.2 Å². The smallest absolute Gasteiger partial charge is 0.260 e. The van der Waals surface area contributed by atoms with Crippen LogP contribution in [-0.2, 0) is 4.79 Å². The molecule has 2 rings (SSSR count). The fraction of sp³-hybridized carbons (Fsp3) is 0.611. The quantitative estimate of drug-likeness (QED) is 0.788. The van der Waals surface area contributed by atoms with E-state index in [1.807, 2.05) is 31.2 Å². The lowest BCUT2D eigenvalue weighted by Crippen LogP contribution is -2.38. The molecule has 0 aromatic heterocycles. The number of hydrogen-bond acceptors (Lipinski definition) is 3. The van der Waals surface area contributed by atoms with E-state index in [9.17, 15) is 4.79 Å². The Balaban J connectivity index is 1.65. The molecule has 0 radical (unpaired) electrons. The van der Waals surface area contributed by atoms with E-state index in [1.165, 1.54) is 32.4 Å². The molecule has 1 aromatic carbocycles. The van der Waals surface area contributed by atoms with E-state index in [1.54, 1.807) is 6.92 Å². The number of rotatable bonds is 7. The average Bonchev–Trinajstić information content (AvgIpc) is 2.54. The molecular formula is C18H28N2O2. The molecule has 1 N–H and O–H groups in total. The number of para-hydroxylation sites is 1. The molecule has 4 heteroatoms. The number of nitrogens with one attached hydrogen (secondary N) is 1. The molecule has 1 aromatic rings. The van der Waals surface area contributed by atoms with Gasteiger partial charge in [-0.3, -0.25) is 4.79 Å². The van der Waals surface area contributed by atoms with Gasteiger partial charge in [0.1, 0.15) is 5.75 Å². The number of ether oxygens (including phenoxy) is 1. The molecule has 4 nitrogen and oxygen atoms in total. The van der Waals surface area contributed by atoms with Crippen LogP contribution in [0.4, 0.5) is 0 Å². The fourth-order valence-corrected chi connectivity index (χ4v) is 2.77. The van der Waals surface area contributed by atoms with Crippen LogP contribution < -0.4 is 10.1 Å². The van der Waals surface area contributed by atoms with E-state index in [0.717, 1.165) is 30.8 Å². The van der Waals surface area contributed by atoms with Gasteiger partial charge in [-0.05, 0) is 64.4 Å². The molecule has 1 amide bonds. The van der Waals surface area contributed by atoms with Crippen molar-refractivity contribution in [1.29, 1.82) is 0 Å². The van der Waals surface area contributed by atoms with Crippen molar-refractivity contribution in [2.75, 3.05) is 26.2 Å². The van der Waals surface area contributed by atoms with Gasteiger partial charge in [-0.2, -0.15) is 0 Å². The first kappa shape index (κ1) is 16.8. The number of aryl methyl sites for hydroxylation is 1. The Morgan fingerprint density at radius 1 is 1.27 bits per heavy atom. The standard InChI is InChI=1S/C18H28N2O2/c1-15-9-4-5-10-17(15)22-16(2)18(21)19-11-8-14-20-12-6-3-7-13-20/h4-5,9-10,16H,3,6-8,11-14H2,1-2H3,(H,19,21)/t16-/m0/s1. The van der Waals surface area contributed by atoms with Crippen molar-refractivity contribution in [3.8, 4) is 5.75 Å². The van der Waals surface area contributed by atoms with Crippen molar-refractivity contribution < 1.29 is 9.53 Å². The third kappa shape index (κ3) is 5.34. The van der Waals surface area contributed by atoms with Gasteiger partial charge in [-0.15, -0.1) is 0 Å². The lowest BCUT2D eigenvalue weighted by atomic mass is 10.1. The van der Waals surface area contributed by atoms with Crippen LogP contribution in [-0.4, -0.2) is 43.1 Å². The highest BCUT2D eigenvalue weighted by atomic mass is 16.5. The summed E-state index contributed by atoms with van der Waals surface area (Å²) in [6.07, 6.45) is 4.53. The highest BCUT2D eigenvalue weighted by Gasteiger charge is 2.15. The minimum atomic E-state index is -0.462. The second-order valence-electron chi connectivity index (χ2n) is 6.07. The van der Waals surface area contributed by atoms with Crippen LogP contribution in [0.25, 0.3) is 0 Å². The zero-order valence-electron chi connectivity index (χ0n) is 13.8. The van der Waals surface area contributed by atoms with Crippen molar-refractivity contribution >= 4 is 5.91 Å². The second kappa shape index (κ2) is 8.79. The Kier molecular flexibility index (Phi) is 6.72. The highest BCUT2D eigenvalue weighted by molar-refractivity contribution is 5.80. The third-order valence-electron chi connectivity index (χ3n) is 4.17. The maximum absolute atomic E-state index is 12.1. The summed E-state index contributed by atoms with van der Waals surface area (Å²) < 4.78 is 5.73. The van der Waals surface area contributed by atoms with Crippen molar-refractivity contribution in [2.45, 2.75) is 45.6 Å². The number of carbonyl (C=O) groups excluding carboxylic acids is 1. The van der Waals surface area contributed by atoms with Gasteiger partial charge < -0.3 is 15.0 Å². The zero-order chi connectivity index (χ0) is 15.8. The van der Waals surface area contributed by atoms with Crippen molar-refractivity contribution in [1.82, 2.24) is 10.2 Å². The first-order valence-electron chi connectivity index (χ1n) is 8.39. The van der Waals surface area contributed by atoms with Gasteiger partial charge in [-0.25, -0.2) is 0 Å². The average molecular weight is 304 g/mol. The van der Waals surface area contributed by atoms with Crippen LogP contribution in [0.15, 0.2) is 24.3 Å². The first-order valence-corrected chi connectivity index (χ1v) is 8.39. The molecule has 1 aliphatic heterocycles. The van der Waals surface area contributed by atoms with Crippen LogP contribution in [0.2, 0.25) is 0 Å². The Labute approximate surface area is 133 Å². The number of carbonyl (C=O) groups is 1. The zero-order valence-corrected chi connectivity index (χ0v) is 13.8. The molecule has 1 atom stereocenters. The molecule has 0 aliphatic carbocycles. The minimum absolute atomic E-state index is 0.0399. The highest BCUT2D eigenvalue weighted by Crippen LogP contribution is 2.17. The first-order chi connectivity index (χ1) is 10.7.